The summed E-state index contributed by atoms with van der Waals surface area (Å²) in [5.74, 6) is 1.44. The summed E-state index contributed by atoms with van der Waals surface area (Å²) in [6, 6.07) is 21.0. The van der Waals surface area contributed by atoms with Crippen LogP contribution in [-0.4, -0.2) is 43.5 Å². The van der Waals surface area contributed by atoms with E-state index in [1.54, 1.807) is 44.1 Å². The van der Waals surface area contributed by atoms with Crippen LogP contribution in [0.3, 0.4) is 0 Å². The van der Waals surface area contributed by atoms with Crippen LogP contribution in [0.5, 0.6) is 17.2 Å². The Hall–Kier alpha value is -3.77. The van der Waals surface area contributed by atoms with E-state index in [2.05, 4.69) is 6.58 Å². The molecule has 0 saturated carbocycles. The van der Waals surface area contributed by atoms with E-state index >= 15 is 0 Å². The Labute approximate surface area is 221 Å². The first kappa shape index (κ1) is 29.5. The lowest BCUT2D eigenvalue weighted by Crippen LogP contribution is -2.32. The molecule has 198 valence electrons. The van der Waals surface area contributed by atoms with Gasteiger partial charge < -0.3 is 24.2 Å². The molecule has 0 bridgehead atoms. The number of anilines is 1. The minimum atomic E-state index is -0.968. The number of allylic oxidation sites excluding steroid dienone is 1. The average molecular weight is 506 g/mol. The Morgan fingerprint density at radius 3 is 2.32 bits per heavy atom. The third kappa shape index (κ3) is 8.12. The van der Waals surface area contributed by atoms with E-state index in [0.29, 0.717) is 41.7 Å². The van der Waals surface area contributed by atoms with E-state index in [-0.39, 0.29) is 12.5 Å². The number of amides is 1. The van der Waals surface area contributed by atoms with Crippen LogP contribution in [0.2, 0.25) is 0 Å². The Kier molecular flexibility index (Phi) is 11.2. The number of hydrogen-bond donors (Lipinski definition) is 1. The molecule has 0 spiro atoms. The Bertz CT molecular complexity index is 1150. The van der Waals surface area contributed by atoms with Gasteiger partial charge in [-0.3, -0.25) is 4.79 Å². The third-order valence-corrected chi connectivity index (χ3v) is 5.18. The van der Waals surface area contributed by atoms with Crippen molar-refractivity contribution >= 4 is 11.6 Å². The lowest BCUT2D eigenvalue weighted by atomic mass is 10.0. The summed E-state index contributed by atoms with van der Waals surface area (Å²) in [4.78, 5) is 15.0. The van der Waals surface area contributed by atoms with Crippen molar-refractivity contribution in [2.45, 2.75) is 40.2 Å². The highest BCUT2D eigenvalue weighted by atomic mass is 16.5. The lowest BCUT2D eigenvalue weighted by molar-refractivity contribution is 0.0276. The monoisotopic (exact) mass is 505 g/mol. The number of methoxy groups -OCH3 is 1. The zero-order chi connectivity index (χ0) is 27.4. The molecule has 1 amide bonds. The summed E-state index contributed by atoms with van der Waals surface area (Å²) in [5, 5.41) is 9.92. The van der Waals surface area contributed by atoms with Gasteiger partial charge in [-0.15, -0.1) is 6.58 Å². The number of carbonyl (C=O) groups excluding carboxylic acids is 1. The van der Waals surface area contributed by atoms with E-state index in [1.165, 1.54) is 0 Å². The number of fused-ring (bicyclic) bond motifs is 1. The summed E-state index contributed by atoms with van der Waals surface area (Å²) in [6.45, 7) is 13.5. The first-order chi connectivity index (χ1) is 17.8. The number of benzene rings is 3. The quantitative estimate of drug-likeness (QED) is 0.375. The summed E-state index contributed by atoms with van der Waals surface area (Å²) >= 11 is 0. The molecule has 0 unspecified atom stereocenters. The van der Waals surface area contributed by atoms with Gasteiger partial charge in [-0.05, 0) is 56.2 Å². The number of carbonyl (C=O) groups is 1. The highest BCUT2D eigenvalue weighted by Crippen LogP contribution is 2.35. The normalized spacial score (nSPS) is 12.4. The van der Waals surface area contributed by atoms with Crippen LogP contribution in [0.1, 0.15) is 45.0 Å². The van der Waals surface area contributed by atoms with Crippen LogP contribution in [0.15, 0.2) is 79.4 Å². The van der Waals surface area contributed by atoms with Crippen molar-refractivity contribution in [3.63, 3.8) is 0 Å². The fraction of sp³-hybridized carbons (Fsp3) is 0.323. The van der Waals surface area contributed by atoms with E-state index in [4.69, 9.17) is 14.2 Å². The molecule has 1 heterocycles. The van der Waals surface area contributed by atoms with Crippen LogP contribution in [0.4, 0.5) is 5.69 Å². The van der Waals surface area contributed by atoms with Gasteiger partial charge in [0.15, 0.2) is 11.5 Å². The molecule has 1 aliphatic rings. The fourth-order valence-corrected chi connectivity index (χ4v) is 3.57. The molecule has 1 N–H and O–H groups in total. The van der Waals surface area contributed by atoms with Gasteiger partial charge in [0.25, 0.3) is 5.91 Å². The van der Waals surface area contributed by atoms with Crippen molar-refractivity contribution < 1.29 is 24.1 Å². The van der Waals surface area contributed by atoms with Crippen molar-refractivity contribution in [1.29, 1.82) is 0 Å². The number of rotatable bonds is 6. The molecule has 3 aromatic carbocycles. The molecular weight excluding hydrogens is 466 g/mol. The predicted molar refractivity (Wildman–Crippen MR) is 151 cm³/mol. The summed E-state index contributed by atoms with van der Waals surface area (Å²) in [5.41, 5.74) is 2.30. The highest BCUT2D eigenvalue weighted by Gasteiger charge is 2.26. The second kappa shape index (κ2) is 14.1. The zero-order valence-corrected chi connectivity index (χ0v) is 22.8. The molecule has 3 aromatic rings. The standard InChI is InChI=1S/C26H27NO5.C3H6.C2H6/c1-26(2,29)17-32-22-12-10-20(16-24(22)30-3)27-13-14-31-23-15-19(9-11-21(23)25(27)28)18-7-5-4-6-8-18;1-3-2;1-2/h4-12,15-16,29H,13-14,17H2,1-3H3;3H,1H2,2H3;1-2H3. The molecule has 6 heteroatoms. The molecule has 0 fully saturated rings. The molecule has 0 aliphatic carbocycles. The SMILES string of the molecule is C=CC.CC.COc1cc(N2CCOc3cc(-c4ccccc4)ccc3C2=O)ccc1OCC(C)(C)O. The Balaban J connectivity index is 0.000000898. The molecule has 0 aromatic heterocycles. The molecule has 6 nitrogen and oxygen atoms in total. The molecule has 4 rings (SSSR count). The highest BCUT2D eigenvalue weighted by molar-refractivity contribution is 6.08. The maximum absolute atomic E-state index is 13.4. The van der Waals surface area contributed by atoms with Crippen molar-refractivity contribution in [2.75, 3.05) is 31.8 Å². The minimum Gasteiger partial charge on any atom is -0.493 e. The van der Waals surface area contributed by atoms with Gasteiger partial charge in [-0.2, -0.15) is 0 Å². The lowest BCUT2D eigenvalue weighted by Gasteiger charge is -2.23. The van der Waals surface area contributed by atoms with Gasteiger partial charge in [-0.25, -0.2) is 0 Å². The van der Waals surface area contributed by atoms with Gasteiger partial charge in [0.05, 0.1) is 24.8 Å². The van der Waals surface area contributed by atoms with Crippen LogP contribution in [0.25, 0.3) is 11.1 Å². The second-order valence-corrected chi connectivity index (χ2v) is 8.73. The Morgan fingerprint density at radius 2 is 1.70 bits per heavy atom. The third-order valence-electron chi connectivity index (χ3n) is 5.18. The number of nitrogens with zero attached hydrogens (tertiary/aromatic N) is 1. The van der Waals surface area contributed by atoms with Gasteiger partial charge in [0.1, 0.15) is 19.0 Å². The van der Waals surface area contributed by atoms with E-state index < -0.39 is 5.60 Å². The van der Waals surface area contributed by atoms with Crippen molar-refractivity contribution in [3.05, 3.63) is 84.9 Å². The first-order valence-electron chi connectivity index (χ1n) is 12.5. The largest absolute Gasteiger partial charge is 0.493 e. The van der Waals surface area contributed by atoms with E-state index in [0.717, 1.165) is 11.1 Å². The summed E-state index contributed by atoms with van der Waals surface area (Å²) in [7, 11) is 1.55. The number of hydrogen-bond acceptors (Lipinski definition) is 5. The van der Waals surface area contributed by atoms with Crippen LogP contribution >= 0.6 is 0 Å². The number of aliphatic hydroxyl groups is 1. The van der Waals surface area contributed by atoms with Crippen molar-refractivity contribution in [3.8, 4) is 28.4 Å². The van der Waals surface area contributed by atoms with Crippen molar-refractivity contribution in [2.24, 2.45) is 0 Å². The van der Waals surface area contributed by atoms with Gasteiger partial charge in [-0.1, -0.05) is 56.3 Å². The van der Waals surface area contributed by atoms with Crippen LogP contribution in [-0.2, 0) is 0 Å². The molecule has 37 heavy (non-hydrogen) atoms. The van der Waals surface area contributed by atoms with Crippen LogP contribution in [0, 0.1) is 0 Å². The minimum absolute atomic E-state index is 0.121. The average Bonchev–Trinajstić information content (AvgIpc) is 3.07. The molecule has 0 radical (unpaired) electrons. The Morgan fingerprint density at radius 1 is 1.03 bits per heavy atom. The van der Waals surface area contributed by atoms with E-state index in [9.17, 15) is 9.90 Å². The van der Waals surface area contributed by atoms with Gasteiger partial charge >= 0.3 is 0 Å². The molecule has 0 atom stereocenters. The predicted octanol–water partition coefficient (Wildman–Crippen LogP) is 6.77. The smallest absolute Gasteiger partial charge is 0.262 e. The van der Waals surface area contributed by atoms with Crippen molar-refractivity contribution in [1.82, 2.24) is 0 Å². The van der Waals surface area contributed by atoms with Gasteiger partial charge in [0, 0.05) is 11.8 Å². The maximum atomic E-state index is 13.4. The molecular formula is C31H39NO5. The summed E-state index contributed by atoms with van der Waals surface area (Å²) in [6.07, 6.45) is 1.75. The molecule has 1 aliphatic heterocycles. The van der Waals surface area contributed by atoms with E-state index in [1.807, 2.05) is 75.4 Å². The topological polar surface area (TPSA) is 68.2 Å². The van der Waals surface area contributed by atoms with Gasteiger partial charge in [0.2, 0.25) is 0 Å². The fourth-order valence-electron chi connectivity index (χ4n) is 3.57. The zero-order valence-electron chi connectivity index (χ0n) is 22.8. The first-order valence-corrected chi connectivity index (χ1v) is 12.5. The summed E-state index contributed by atoms with van der Waals surface area (Å²) < 4.78 is 17.1. The molecule has 0 saturated heterocycles. The number of ether oxygens (including phenoxy) is 3. The van der Waals surface area contributed by atoms with Crippen LogP contribution < -0.4 is 19.1 Å². The maximum Gasteiger partial charge on any atom is 0.262 e. The second-order valence-electron chi connectivity index (χ2n) is 8.73.